The minimum Gasteiger partial charge on any atom is -0.368 e. The maximum Gasteiger partial charge on any atom is 0.0996 e. The van der Waals surface area contributed by atoms with Crippen LogP contribution in [-0.4, -0.2) is 11.5 Å². The molecule has 1 aliphatic heterocycles. The molecule has 0 amide bonds. The van der Waals surface area contributed by atoms with Gasteiger partial charge in [-0.2, -0.15) is 0 Å². The van der Waals surface area contributed by atoms with Gasteiger partial charge < -0.3 is 10.6 Å². The molecule has 2 heterocycles. The second kappa shape index (κ2) is 7.98. The Morgan fingerprint density at radius 2 is 1.97 bits per heavy atom. The molecule has 5 rings (SSSR count). The average Bonchev–Trinajstić information content (AvgIpc) is 2.74. The maximum absolute atomic E-state index is 4.84. The van der Waals surface area contributed by atoms with E-state index >= 15 is 0 Å². The Morgan fingerprint density at radius 3 is 2.73 bits per heavy atom. The molecular formula is C27H29N3. The van der Waals surface area contributed by atoms with Gasteiger partial charge in [0.2, 0.25) is 0 Å². The molecule has 3 nitrogen and oxygen atoms in total. The van der Waals surface area contributed by atoms with Crippen molar-refractivity contribution < 1.29 is 0 Å². The first-order valence-corrected chi connectivity index (χ1v) is 11.0. The second-order valence-corrected chi connectivity index (χ2v) is 8.60. The summed E-state index contributed by atoms with van der Waals surface area (Å²) in [5.74, 6) is 1.67. The van der Waals surface area contributed by atoms with E-state index in [1.165, 1.54) is 58.0 Å². The summed E-state index contributed by atoms with van der Waals surface area (Å²) in [4.78, 5) is 4.84. The molecule has 1 atom stereocenters. The van der Waals surface area contributed by atoms with Crippen LogP contribution in [0.3, 0.4) is 0 Å². The van der Waals surface area contributed by atoms with Crippen molar-refractivity contribution in [1.82, 2.24) is 15.6 Å². The molecule has 2 aliphatic rings. The summed E-state index contributed by atoms with van der Waals surface area (Å²) < 4.78 is 0. The largest absolute Gasteiger partial charge is 0.368 e. The number of fused-ring (bicyclic) bond motifs is 1. The zero-order valence-corrected chi connectivity index (χ0v) is 17.8. The summed E-state index contributed by atoms with van der Waals surface area (Å²) in [6.07, 6.45) is 12.1. The van der Waals surface area contributed by atoms with E-state index in [0.717, 1.165) is 12.4 Å². The number of rotatable bonds is 5. The molecule has 0 bridgehead atoms. The van der Waals surface area contributed by atoms with Gasteiger partial charge in [-0.3, -0.25) is 4.98 Å². The maximum atomic E-state index is 4.84. The molecule has 0 radical (unpaired) electrons. The van der Waals surface area contributed by atoms with Crippen molar-refractivity contribution in [2.75, 3.05) is 6.54 Å². The van der Waals surface area contributed by atoms with Crippen molar-refractivity contribution in [2.24, 2.45) is 0 Å². The normalized spacial score (nSPS) is 17.2. The molecule has 30 heavy (non-hydrogen) atoms. The van der Waals surface area contributed by atoms with Crippen LogP contribution in [0.4, 0.5) is 0 Å². The highest BCUT2D eigenvalue weighted by molar-refractivity contribution is 5.84. The van der Waals surface area contributed by atoms with Gasteiger partial charge in [0, 0.05) is 18.1 Å². The summed E-state index contributed by atoms with van der Waals surface area (Å²) in [7, 11) is 0. The summed E-state index contributed by atoms with van der Waals surface area (Å²) in [6.45, 7) is 5.25. The molecule has 1 aliphatic carbocycles. The van der Waals surface area contributed by atoms with Crippen LogP contribution in [0.1, 0.15) is 59.0 Å². The Kier molecular flexibility index (Phi) is 5.04. The molecule has 0 spiro atoms. The van der Waals surface area contributed by atoms with Crippen LogP contribution in [0.5, 0.6) is 0 Å². The van der Waals surface area contributed by atoms with Crippen LogP contribution < -0.4 is 10.6 Å². The van der Waals surface area contributed by atoms with E-state index in [1.54, 1.807) is 0 Å². The number of aromatic nitrogens is 1. The van der Waals surface area contributed by atoms with Crippen molar-refractivity contribution in [3.05, 3.63) is 101 Å². The van der Waals surface area contributed by atoms with Crippen LogP contribution >= 0.6 is 0 Å². The number of hydrogen-bond donors (Lipinski definition) is 2. The first kappa shape index (κ1) is 18.9. The molecule has 1 fully saturated rings. The Balaban J connectivity index is 1.71. The van der Waals surface area contributed by atoms with E-state index in [1.807, 2.05) is 12.3 Å². The first-order valence-electron chi connectivity index (χ1n) is 11.0. The smallest absolute Gasteiger partial charge is 0.0996 e. The van der Waals surface area contributed by atoms with E-state index in [2.05, 4.69) is 79.1 Å². The third-order valence-corrected chi connectivity index (χ3v) is 6.53. The summed E-state index contributed by atoms with van der Waals surface area (Å²) in [5.41, 5.74) is 7.90. The Labute approximate surface area is 178 Å². The molecule has 1 saturated carbocycles. The molecular weight excluding hydrogens is 366 g/mol. The van der Waals surface area contributed by atoms with Crippen molar-refractivity contribution in [3.8, 4) is 0 Å². The number of pyridine rings is 1. The molecule has 3 heteroatoms. The van der Waals surface area contributed by atoms with Gasteiger partial charge in [0.15, 0.2) is 0 Å². The Hall–Kier alpha value is -3.07. The van der Waals surface area contributed by atoms with Gasteiger partial charge in [0.1, 0.15) is 0 Å². The number of allylic oxidation sites excluding steroid dienone is 2. The van der Waals surface area contributed by atoms with Gasteiger partial charge in [0.05, 0.1) is 17.4 Å². The lowest BCUT2D eigenvalue weighted by molar-refractivity contribution is 0.417. The summed E-state index contributed by atoms with van der Waals surface area (Å²) >= 11 is 0. The van der Waals surface area contributed by atoms with Crippen molar-refractivity contribution in [1.29, 1.82) is 0 Å². The van der Waals surface area contributed by atoms with E-state index in [-0.39, 0.29) is 6.04 Å². The third-order valence-electron chi connectivity index (χ3n) is 6.53. The fourth-order valence-electron chi connectivity index (χ4n) is 4.67. The third kappa shape index (κ3) is 3.49. The van der Waals surface area contributed by atoms with Crippen LogP contribution in [0.2, 0.25) is 0 Å². The van der Waals surface area contributed by atoms with Crippen LogP contribution in [-0.2, 0) is 0 Å². The molecule has 2 aromatic carbocycles. The van der Waals surface area contributed by atoms with Gasteiger partial charge in [-0.25, -0.2) is 0 Å². The lowest BCUT2D eigenvalue weighted by Gasteiger charge is -2.33. The first-order chi connectivity index (χ1) is 14.7. The molecule has 1 aromatic heterocycles. The molecule has 0 saturated heterocycles. The van der Waals surface area contributed by atoms with Gasteiger partial charge in [0.25, 0.3) is 0 Å². The predicted octanol–water partition coefficient (Wildman–Crippen LogP) is 5.80. The van der Waals surface area contributed by atoms with E-state index in [9.17, 15) is 0 Å². The topological polar surface area (TPSA) is 37.0 Å². The average molecular weight is 396 g/mol. The lowest BCUT2D eigenvalue weighted by Crippen LogP contribution is -2.33. The van der Waals surface area contributed by atoms with Gasteiger partial charge >= 0.3 is 0 Å². The number of nitrogens with one attached hydrogen (secondary N) is 2. The zero-order valence-electron chi connectivity index (χ0n) is 17.8. The Morgan fingerprint density at radius 1 is 1.07 bits per heavy atom. The van der Waals surface area contributed by atoms with Crippen molar-refractivity contribution in [2.45, 2.75) is 45.1 Å². The fraction of sp³-hybridized carbons (Fsp3) is 0.296. The van der Waals surface area contributed by atoms with Gasteiger partial charge in [-0.15, -0.1) is 0 Å². The van der Waals surface area contributed by atoms with E-state index in [0.29, 0.717) is 5.92 Å². The number of hydrogen-bond acceptors (Lipinski definition) is 3. The zero-order chi connectivity index (χ0) is 20.5. The van der Waals surface area contributed by atoms with Gasteiger partial charge in [-0.1, -0.05) is 60.5 Å². The second-order valence-electron chi connectivity index (χ2n) is 8.60. The molecule has 3 aromatic rings. The quantitative estimate of drug-likeness (QED) is 0.573. The summed E-state index contributed by atoms with van der Waals surface area (Å²) in [6, 6.07) is 15.6. The molecule has 1 unspecified atom stereocenters. The van der Waals surface area contributed by atoms with Crippen LogP contribution in [0, 0.1) is 13.8 Å². The highest BCUT2D eigenvalue weighted by Crippen LogP contribution is 2.44. The number of nitrogens with zero attached hydrogens (tertiary/aromatic N) is 1. The summed E-state index contributed by atoms with van der Waals surface area (Å²) in [5, 5.41) is 8.56. The highest BCUT2D eigenvalue weighted by Gasteiger charge is 2.29. The number of benzene rings is 2. The van der Waals surface area contributed by atoms with Crippen LogP contribution in [0.15, 0.2) is 72.7 Å². The fourth-order valence-corrected chi connectivity index (χ4v) is 4.67. The van der Waals surface area contributed by atoms with E-state index < -0.39 is 0 Å². The Bertz CT molecular complexity index is 1140. The molecule has 2 N–H and O–H groups in total. The highest BCUT2D eigenvalue weighted by atomic mass is 15.1. The predicted molar refractivity (Wildman–Crippen MR) is 124 cm³/mol. The number of dihydropyridines is 1. The van der Waals surface area contributed by atoms with E-state index in [4.69, 9.17) is 4.98 Å². The molecule has 152 valence electrons. The minimum atomic E-state index is 0.0807. The van der Waals surface area contributed by atoms with Gasteiger partial charge in [-0.05, 0) is 67.0 Å². The monoisotopic (exact) mass is 395 g/mol. The van der Waals surface area contributed by atoms with Crippen molar-refractivity contribution in [3.63, 3.8) is 0 Å². The van der Waals surface area contributed by atoms with Crippen molar-refractivity contribution >= 4 is 10.9 Å². The lowest BCUT2D eigenvalue weighted by atomic mass is 9.75. The van der Waals surface area contributed by atoms with Crippen LogP contribution in [0.25, 0.3) is 10.9 Å². The SMILES string of the molecule is Cc1ccc(C)c(C(NC2=CC=CCN2)c2ccc3cccnc3c2C2CCC2)c1. The number of aryl methyl sites for hydroxylation is 2. The minimum absolute atomic E-state index is 0.0807. The standard InChI is InChI=1S/C27H29N3/c1-18-11-12-19(2)23(17-18)27(30-24-10-3-4-15-28-24)22-14-13-21-9-6-16-29-26(21)25(22)20-7-5-8-20/h3-4,6,9-14,16-17,20,27-28,30H,5,7-8,15H2,1-2H3.